The normalized spacial score (nSPS) is 19.3. The van der Waals surface area contributed by atoms with E-state index in [9.17, 15) is 8.42 Å². The first kappa shape index (κ1) is 16.9. The minimum absolute atomic E-state index is 0.139. The zero-order valence-electron chi connectivity index (χ0n) is 12.2. The lowest BCUT2D eigenvalue weighted by Crippen LogP contribution is -2.35. The van der Waals surface area contributed by atoms with Gasteiger partial charge in [0.2, 0.25) is 10.0 Å². The molecular weight excluding hydrogens is 356 g/mol. The zero-order valence-corrected chi connectivity index (χ0v) is 14.6. The van der Waals surface area contributed by atoms with Crippen LogP contribution in [-0.4, -0.2) is 33.7 Å². The van der Waals surface area contributed by atoms with Gasteiger partial charge < -0.3 is 10.1 Å². The van der Waals surface area contributed by atoms with Crippen molar-refractivity contribution in [3.63, 3.8) is 0 Å². The molecule has 2 N–H and O–H groups in total. The van der Waals surface area contributed by atoms with Crippen molar-refractivity contribution in [1.29, 1.82) is 0 Å². The predicted octanol–water partition coefficient (Wildman–Crippen LogP) is 2.01. The first-order valence-electron chi connectivity index (χ1n) is 7.00. The van der Waals surface area contributed by atoms with Crippen LogP contribution in [0.25, 0.3) is 0 Å². The molecule has 0 radical (unpaired) electrons. The number of nitrogens with one attached hydrogen (secondary N) is 2. The largest absolute Gasteiger partial charge is 0.380 e. The van der Waals surface area contributed by atoms with Gasteiger partial charge in [-0.05, 0) is 40.0 Å². The maximum absolute atomic E-state index is 12.5. The Morgan fingerprint density at radius 2 is 2.19 bits per heavy atom. The Bertz CT molecular complexity index is 584. The molecule has 1 aromatic carbocycles. The molecule has 0 amide bonds. The number of ether oxygens (including phenoxy) is 1. The molecule has 1 atom stereocenters. The maximum atomic E-state index is 12.5. The van der Waals surface area contributed by atoms with Crippen LogP contribution >= 0.6 is 15.9 Å². The molecule has 1 unspecified atom stereocenters. The molecule has 1 heterocycles. The van der Waals surface area contributed by atoms with Crippen molar-refractivity contribution in [2.45, 2.75) is 43.8 Å². The summed E-state index contributed by atoms with van der Waals surface area (Å²) < 4.78 is 33.4. The van der Waals surface area contributed by atoms with Gasteiger partial charge in [-0.1, -0.05) is 19.9 Å². The molecule has 5 nitrogen and oxygen atoms in total. The lowest BCUT2D eigenvalue weighted by atomic mass is 10.2. The molecule has 1 fully saturated rings. The minimum Gasteiger partial charge on any atom is -0.380 e. The van der Waals surface area contributed by atoms with Gasteiger partial charge in [0.05, 0.1) is 11.5 Å². The molecule has 2 rings (SSSR count). The van der Waals surface area contributed by atoms with Crippen molar-refractivity contribution in [1.82, 2.24) is 10.0 Å². The Hall–Kier alpha value is -0.470. The van der Waals surface area contributed by atoms with Gasteiger partial charge in [-0.3, -0.25) is 0 Å². The van der Waals surface area contributed by atoms with Crippen LogP contribution in [0.4, 0.5) is 0 Å². The highest BCUT2D eigenvalue weighted by atomic mass is 79.9. The highest BCUT2D eigenvalue weighted by Crippen LogP contribution is 2.24. The third-order valence-electron chi connectivity index (χ3n) is 3.25. The molecule has 0 aromatic heterocycles. The molecule has 0 bridgehead atoms. The second-order valence-electron chi connectivity index (χ2n) is 5.48. The molecule has 0 aliphatic carbocycles. The third kappa shape index (κ3) is 4.75. The number of rotatable bonds is 6. The van der Waals surface area contributed by atoms with E-state index in [2.05, 4.69) is 39.8 Å². The monoisotopic (exact) mass is 376 g/mol. The molecule has 1 aliphatic rings. The fraction of sp³-hybridized carbons (Fsp3) is 0.571. The van der Waals surface area contributed by atoms with Crippen LogP contribution in [-0.2, 0) is 21.3 Å². The van der Waals surface area contributed by atoms with Gasteiger partial charge in [0, 0.05) is 29.7 Å². The van der Waals surface area contributed by atoms with Crippen LogP contribution in [0.15, 0.2) is 27.6 Å². The molecule has 7 heteroatoms. The van der Waals surface area contributed by atoms with Crippen molar-refractivity contribution < 1.29 is 13.2 Å². The van der Waals surface area contributed by atoms with E-state index >= 15 is 0 Å². The van der Waals surface area contributed by atoms with Crippen molar-refractivity contribution in [3.8, 4) is 0 Å². The summed E-state index contributed by atoms with van der Waals surface area (Å²) in [6.07, 6.45) is 0.714. The third-order valence-corrected chi connectivity index (χ3v) is 5.77. The fourth-order valence-corrected chi connectivity index (χ4v) is 4.36. The Morgan fingerprint density at radius 1 is 1.43 bits per heavy atom. The van der Waals surface area contributed by atoms with E-state index in [4.69, 9.17) is 4.74 Å². The van der Waals surface area contributed by atoms with Gasteiger partial charge in [0.1, 0.15) is 0 Å². The average Bonchev–Trinajstić information content (AvgIpc) is 2.89. The van der Waals surface area contributed by atoms with E-state index in [1.54, 1.807) is 12.1 Å². The lowest BCUT2D eigenvalue weighted by molar-refractivity contribution is 0.192. The Balaban J connectivity index is 2.18. The van der Waals surface area contributed by atoms with Crippen LogP contribution < -0.4 is 10.0 Å². The summed E-state index contributed by atoms with van der Waals surface area (Å²) in [6.45, 7) is 5.79. The number of benzene rings is 1. The Labute approximate surface area is 134 Å². The minimum atomic E-state index is -3.54. The van der Waals surface area contributed by atoms with Gasteiger partial charge in [0.25, 0.3) is 0 Å². The first-order valence-corrected chi connectivity index (χ1v) is 9.28. The van der Waals surface area contributed by atoms with Crippen molar-refractivity contribution in [3.05, 3.63) is 28.2 Å². The van der Waals surface area contributed by atoms with Crippen molar-refractivity contribution >= 4 is 26.0 Å². The van der Waals surface area contributed by atoms with Gasteiger partial charge in [0.15, 0.2) is 0 Å². The SMILES string of the molecule is CC(C)NCc1ccc(Br)c(S(=O)(=O)NC2CCOC2)c1. The molecule has 0 spiro atoms. The fourth-order valence-electron chi connectivity index (χ4n) is 2.10. The van der Waals surface area contributed by atoms with Gasteiger partial charge in [-0.2, -0.15) is 0 Å². The number of hydrogen-bond donors (Lipinski definition) is 2. The number of sulfonamides is 1. The molecule has 1 aromatic rings. The lowest BCUT2D eigenvalue weighted by Gasteiger charge is -2.14. The Kier molecular flexibility index (Phi) is 5.79. The summed E-state index contributed by atoms with van der Waals surface area (Å²) in [5, 5.41) is 3.28. The Morgan fingerprint density at radius 3 is 2.81 bits per heavy atom. The van der Waals surface area contributed by atoms with E-state index in [0.717, 1.165) is 5.56 Å². The molecular formula is C14H21BrN2O3S. The smallest absolute Gasteiger partial charge is 0.242 e. The number of halogens is 1. The molecule has 118 valence electrons. The van der Waals surface area contributed by atoms with E-state index < -0.39 is 10.0 Å². The summed E-state index contributed by atoms with van der Waals surface area (Å²) in [6, 6.07) is 5.60. The van der Waals surface area contributed by atoms with Crippen LogP contribution in [0.2, 0.25) is 0 Å². The van der Waals surface area contributed by atoms with Crippen LogP contribution in [0.1, 0.15) is 25.8 Å². The van der Waals surface area contributed by atoms with Crippen LogP contribution in [0.5, 0.6) is 0 Å². The highest BCUT2D eigenvalue weighted by molar-refractivity contribution is 9.10. The highest BCUT2D eigenvalue weighted by Gasteiger charge is 2.25. The van der Waals surface area contributed by atoms with Gasteiger partial charge >= 0.3 is 0 Å². The van der Waals surface area contributed by atoms with Gasteiger partial charge in [-0.15, -0.1) is 0 Å². The second kappa shape index (κ2) is 7.19. The van der Waals surface area contributed by atoms with E-state index in [1.807, 2.05) is 6.07 Å². The van der Waals surface area contributed by atoms with Crippen LogP contribution in [0.3, 0.4) is 0 Å². The summed E-state index contributed by atoms with van der Waals surface area (Å²) in [7, 11) is -3.54. The molecule has 1 aliphatic heterocycles. The summed E-state index contributed by atoms with van der Waals surface area (Å²) in [5.41, 5.74) is 0.940. The van der Waals surface area contributed by atoms with E-state index in [-0.39, 0.29) is 10.9 Å². The maximum Gasteiger partial charge on any atom is 0.242 e. The van der Waals surface area contributed by atoms with E-state index in [0.29, 0.717) is 36.7 Å². The zero-order chi connectivity index (χ0) is 15.5. The predicted molar refractivity (Wildman–Crippen MR) is 85.7 cm³/mol. The summed E-state index contributed by atoms with van der Waals surface area (Å²) >= 11 is 3.32. The molecule has 21 heavy (non-hydrogen) atoms. The molecule has 0 saturated carbocycles. The van der Waals surface area contributed by atoms with E-state index in [1.165, 1.54) is 0 Å². The topological polar surface area (TPSA) is 67.4 Å². The summed E-state index contributed by atoms with van der Waals surface area (Å²) in [4.78, 5) is 0.275. The second-order valence-corrected chi connectivity index (χ2v) is 8.02. The van der Waals surface area contributed by atoms with Crippen molar-refractivity contribution in [2.75, 3.05) is 13.2 Å². The standard InChI is InChI=1S/C14H21BrN2O3S/c1-10(2)16-8-11-3-4-13(15)14(7-11)21(18,19)17-12-5-6-20-9-12/h3-4,7,10,12,16-17H,5-6,8-9H2,1-2H3. The summed E-state index contributed by atoms with van der Waals surface area (Å²) in [5.74, 6) is 0. The molecule has 1 saturated heterocycles. The average molecular weight is 377 g/mol. The quantitative estimate of drug-likeness (QED) is 0.796. The van der Waals surface area contributed by atoms with Gasteiger partial charge in [-0.25, -0.2) is 13.1 Å². The first-order chi connectivity index (χ1) is 9.88. The number of hydrogen-bond acceptors (Lipinski definition) is 4. The van der Waals surface area contributed by atoms with Crippen LogP contribution in [0, 0.1) is 0 Å². The van der Waals surface area contributed by atoms with Crippen molar-refractivity contribution in [2.24, 2.45) is 0 Å².